The van der Waals surface area contributed by atoms with Gasteiger partial charge in [-0.2, -0.15) is 5.10 Å². The maximum absolute atomic E-state index is 12.8. The second-order valence-electron chi connectivity index (χ2n) is 7.83. The van der Waals surface area contributed by atoms with Gasteiger partial charge in [-0.05, 0) is 37.3 Å². The third-order valence-corrected chi connectivity index (χ3v) is 7.01. The molecule has 7 heteroatoms. The summed E-state index contributed by atoms with van der Waals surface area (Å²) < 4.78 is 2.01. The number of aromatic nitrogens is 3. The SMILES string of the molecule is Cc1cc(C)n(C[C@@H](C)CNC(=O)Cc2sc(-c3ccccc3)nc2-c2cccs2)n1. The van der Waals surface area contributed by atoms with Crippen LogP contribution in [0.15, 0.2) is 53.9 Å². The zero-order chi connectivity index (χ0) is 21.8. The molecule has 0 aliphatic heterocycles. The molecule has 0 unspecified atom stereocenters. The highest BCUT2D eigenvalue weighted by molar-refractivity contribution is 7.17. The van der Waals surface area contributed by atoms with E-state index in [0.29, 0.717) is 18.9 Å². The van der Waals surface area contributed by atoms with Crippen LogP contribution in [0.4, 0.5) is 0 Å². The predicted octanol–water partition coefficient (Wildman–Crippen LogP) is 5.35. The molecule has 0 spiro atoms. The Kier molecular flexibility index (Phi) is 6.63. The Labute approximate surface area is 190 Å². The highest BCUT2D eigenvalue weighted by Crippen LogP contribution is 2.36. The van der Waals surface area contributed by atoms with E-state index in [1.165, 1.54) is 0 Å². The molecule has 1 atom stereocenters. The maximum Gasteiger partial charge on any atom is 0.225 e. The summed E-state index contributed by atoms with van der Waals surface area (Å²) in [6, 6.07) is 16.3. The molecule has 4 aromatic rings. The number of aryl methyl sites for hydroxylation is 2. The lowest BCUT2D eigenvalue weighted by molar-refractivity contribution is -0.120. The molecule has 0 saturated heterocycles. The van der Waals surface area contributed by atoms with Crippen molar-refractivity contribution < 1.29 is 4.79 Å². The van der Waals surface area contributed by atoms with Gasteiger partial charge in [0.25, 0.3) is 0 Å². The summed E-state index contributed by atoms with van der Waals surface area (Å²) in [5, 5.41) is 10.6. The molecule has 0 saturated carbocycles. The summed E-state index contributed by atoms with van der Waals surface area (Å²) in [5.74, 6) is 0.321. The average Bonchev–Trinajstić information content (AvgIpc) is 3.48. The molecule has 1 N–H and O–H groups in total. The minimum Gasteiger partial charge on any atom is -0.355 e. The molecule has 0 bridgehead atoms. The largest absolute Gasteiger partial charge is 0.355 e. The number of benzene rings is 1. The van der Waals surface area contributed by atoms with Crippen LogP contribution < -0.4 is 5.32 Å². The van der Waals surface area contributed by atoms with Crippen molar-refractivity contribution in [1.82, 2.24) is 20.1 Å². The van der Waals surface area contributed by atoms with Crippen molar-refractivity contribution in [3.05, 3.63) is 70.2 Å². The van der Waals surface area contributed by atoms with Crippen molar-refractivity contribution in [2.24, 2.45) is 5.92 Å². The molecule has 160 valence electrons. The van der Waals surface area contributed by atoms with Crippen LogP contribution in [0.5, 0.6) is 0 Å². The first-order chi connectivity index (χ1) is 15.0. The molecule has 3 heterocycles. The first kappa shape index (κ1) is 21.5. The number of thiophene rings is 1. The lowest BCUT2D eigenvalue weighted by atomic mass is 10.1. The van der Waals surface area contributed by atoms with Gasteiger partial charge in [0, 0.05) is 29.2 Å². The first-order valence-electron chi connectivity index (χ1n) is 10.4. The van der Waals surface area contributed by atoms with Crippen molar-refractivity contribution in [2.75, 3.05) is 6.54 Å². The summed E-state index contributed by atoms with van der Waals surface area (Å²) in [7, 11) is 0. The van der Waals surface area contributed by atoms with Gasteiger partial charge in [0.15, 0.2) is 0 Å². The Balaban J connectivity index is 1.43. The number of hydrogen-bond donors (Lipinski definition) is 1. The number of rotatable bonds is 8. The molecular weight excluding hydrogens is 424 g/mol. The normalized spacial score (nSPS) is 12.1. The summed E-state index contributed by atoms with van der Waals surface area (Å²) in [6.07, 6.45) is 0.338. The van der Waals surface area contributed by atoms with Crippen molar-refractivity contribution in [2.45, 2.75) is 33.7 Å². The second-order valence-corrected chi connectivity index (χ2v) is 9.86. The molecule has 0 radical (unpaired) electrons. The fourth-order valence-electron chi connectivity index (χ4n) is 3.50. The van der Waals surface area contributed by atoms with Gasteiger partial charge >= 0.3 is 0 Å². The van der Waals surface area contributed by atoms with Crippen molar-refractivity contribution in [3.8, 4) is 21.1 Å². The number of amides is 1. The molecule has 31 heavy (non-hydrogen) atoms. The van der Waals surface area contributed by atoms with Crippen molar-refractivity contribution in [1.29, 1.82) is 0 Å². The lowest BCUT2D eigenvalue weighted by Crippen LogP contribution is -2.31. The summed E-state index contributed by atoms with van der Waals surface area (Å²) in [4.78, 5) is 19.7. The highest BCUT2D eigenvalue weighted by atomic mass is 32.1. The van der Waals surface area contributed by atoms with Gasteiger partial charge < -0.3 is 5.32 Å². The molecule has 3 aromatic heterocycles. The first-order valence-corrected chi connectivity index (χ1v) is 12.1. The molecule has 1 aromatic carbocycles. The van der Waals surface area contributed by atoms with Gasteiger partial charge in [-0.1, -0.05) is 43.3 Å². The van der Waals surface area contributed by atoms with Gasteiger partial charge in [-0.25, -0.2) is 4.98 Å². The van der Waals surface area contributed by atoms with E-state index in [-0.39, 0.29) is 5.91 Å². The summed E-state index contributed by atoms with van der Waals surface area (Å²) in [6.45, 7) is 7.61. The Morgan fingerprint density at radius 1 is 1.16 bits per heavy atom. The van der Waals surface area contributed by atoms with Gasteiger partial charge in [0.05, 0.1) is 22.7 Å². The smallest absolute Gasteiger partial charge is 0.225 e. The van der Waals surface area contributed by atoms with E-state index >= 15 is 0 Å². The Bertz CT molecular complexity index is 1150. The van der Waals surface area contributed by atoms with Crippen molar-refractivity contribution in [3.63, 3.8) is 0 Å². The zero-order valence-electron chi connectivity index (χ0n) is 18.0. The third kappa shape index (κ3) is 5.29. The van der Waals surface area contributed by atoms with Gasteiger partial charge in [0.2, 0.25) is 5.91 Å². The Morgan fingerprint density at radius 2 is 1.97 bits per heavy atom. The Morgan fingerprint density at radius 3 is 2.65 bits per heavy atom. The number of hydrogen-bond acceptors (Lipinski definition) is 5. The quantitative estimate of drug-likeness (QED) is 0.394. The van der Waals surface area contributed by atoms with E-state index in [4.69, 9.17) is 4.98 Å². The predicted molar refractivity (Wildman–Crippen MR) is 128 cm³/mol. The number of nitrogens with one attached hydrogen (secondary N) is 1. The lowest BCUT2D eigenvalue weighted by Gasteiger charge is -2.14. The monoisotopic (exact) mass is 450 g/mol. The zero-order valence-corrected chi connectivity index (χ0v) is 19.6. The fourth-order valence-corrected chi connectivity index (χ4v) is 5.38. The van der Waals surface area contributed by atoms with E-state index in [2.05, 4.69) is 48.5 Å². The highest BCUT2D eigenvalue weighted by Gasteiger charge is 2.18. The molecule has 4 rings (SSSR count). The van der Waals surface area contributed by atoms with Crippen LogP contribution in [0, 0.1) is 19.8 Å². The minimum atomic E-state index is 0.0290. The van der Waals surface area contributed by atoms with Gasteiger partial charge in [-0.15, -0.1) is 22.7 Å². The van der Waals surface area contributed by atoms with E-state index in [0.717, 1.165) is 44.0 Å². The van der Waals surface area contributed by atoms with E-state index in [1.54, 1.807) is 22.7 Å². The molecule has 1 amide bonds. The van der Waals surface area contributed by atoms with E-state index in [1.807, 2.05) is 41.3 Å². The molecule has 0 aliphatic rings. The van der Waals surface area contributed by atoms with Crippen LogP contribution in [-0.2, 0) is 17.8 Å². The van der Waals surface area contributed by atoms with E-state index in [9.17, 15) is 4.79 Å². The van der Waals surface area contributed by atoms with E-state index < -0.39 is 0 Å². The summed E-state index contributed by atoms with van der Waals surface area (Å²) in [5.41, 5.74) is 4.17. The third-order valence-electron chi connectivity index (χ3n) is 5.03. The average molecular weight is 451 g/mol. The number of carbonyl (C=O) groups excluding carboxylic acids is 1. The van der Waals surface area contributed by atoms with Gasteiger partial charge in [0.1, 0.15) is 5.01 Å². The van der Waals surface area contributed by atoms with Crippen LogP contribution in [0.25, 0.3) is 21.1 Å². The summed E-state index contributed by atoms with van der Waals surface area (Å²) >= 11 is 3.25. The standard InChI is InChI=1S/C24H26N4OS2/c1-16(15-28-18(3)12-17(2)27-28)14-25-22(29)13-21-23(20-10-7-11-30-20)26-24(31-21)19-8-5-4-6-9-19/h4-12,16H,13-15H2,1-3H3,(H,25,29)/t16-/m0/s1. The van der Waals surface area contributed by atoms with Crippen LogP contribution in [0.1, 0.15) is 23.2 Å². The molecule has 5 nitrogen and oxygen atoms in total. The number of carbonyl (C=O) groups is 1. The number of thiazole rings is 1. The van der Waals surface area contributed by atoms with Gasteiger partial charge in [-0.3, -0.25) is 9.48 Å². The van der Waals surface area contributed by atoms with Crippen LogP contribution >= 0.6 is 22.7 Å². The van der Waals surface area contributed by atoms with Crippen molar-refractivity contribution >= 4 is 28.6 Å². The fraction of sp³-hybridized carbons (Fsp3) is 0.292. The van der Waals surface area contributed by atoms with Crippen LogP contribution in [0.2, 0.25) is 0 Å². The number of nitrogens with zero attached hydrogens (tertiary/aromatic N) is 3. The second kappa shape index (κ2) is 9.58. The topological polar surface area (TPSA) is 59.8 Å². The minimum absolute atomic E-state index is 0.0290. The Hall–Kier alpha value is -2.77. The van der Waals surface area contributed by atoms with Crippen LogP contribution in [0.3, 0.4) is 0 Å². The molecular formula is C24H26N4OS2. The van der Waals surface area contributed by atoms with Crippen LogP contribution in [-0.4, -0.2) is 27.2 Å². The molecule has 0 aliphatic carbocycles. The molecule has 0 fully saturated rings. The maximum atomic E-state index is 12.8.